The molecule has 2 atom stereocenters. The molecule has 1 saturated heterocycles. The zero-order valence-corrected chi connectivity index (χ0v) is 16.7. The number of nitrogens with zero attached hydrogens (tertiary/aromatic N) is 6. The molecule has 29 heavy (non-hydrogen) atoms. The van der Waals surface area contributed by atoms with Crippen molar-refractivity contribution in [3.05, 3.63) is 71.2 Å². The van der Waals surface area contributed by atoms with Crippen LogP contribution < -0.4 is 4.90 Å². The van der Waals surface area contributed by atoms with Gasteiger partial charge in [-0.25, -0.2) is 4.68 Å². The number of fused-ring (bicyclic) bond motifs is 1. The number of para-hydroxylation sites is 1. The molecular formula is C20H15ClN6OS. The van der Waals surface area contributed by atoms with Crippen LogP contribution in [0.25, 0.3) is 17.1 Å². The van der Waals surface area contributed by atoms with Crippen molar-refractivity contribution in [2.24, 2.45) is 0 Å². The highest BCUT2D eigenvalue weighted by Crippen LogP contribution is 2.34. The Hall–Kier alpha value is -3.10. The summed E-state index contributed by atoms with van der Waals surface area (Å²) in [7, 11) is 0. The summed E-state index contributed by atoms with van der Waals surface area (Å²) < 4.78 is 1.77. The molecule has 9 heteroatoms. The van der Waals surface area contributed by atoms with E-state index in [1.807, 2.05) is 66.7 Å². The predicted octanol–water partition coefficient (Wildman–Crippen LogP) is 3.37. The van der Waals surface area contributed by atoms with Crippen molar-refractivity contribution in [1.82, 2.24) is 25.2 Å². The number of hydrogen-bond acceptors (Lipinski definition) is 6. The maximum absolute atomic E-state index is 12.4. The minimum absolute atomic E-state index is 0.164. The first-order valence-electron chi connectivity index (χ1n) is 9.02. The summed E-state index contributed by atoms with van der Waals surface area (Å²) in [5.41, 5.74) is 2.80. The van der Waals surface area contributed by atoms with Gasteiger partial charge in [0.1, 0.15) is 15.9 Å². The number of carbonyl (C=O) groups excluding carboxylic acids is 1. The maximum Gasteiger partial charge on any atom is 0.249 e. The smallest absolute Gasteiger partial charge is 0.249 e. The summed E-state index contributed by atoms with van der Waals surface area (Å²) in [6.45, 7) is 0.440. The summed E-state index contributed by atoms with van der Waals surface area (Å²) in [5.74, 6) is -0.164. The molecule has 2 aromatic carbocycles. The van der Waals surface area contributed by atoms with Crippen LogP contribution in [0.3, 0.4) is 0 Å². The highest BCUT2D eigenvalue weighted by molar-refractivity contribution is 7.15. The molecule has 0 bridgehead atoms. The lowest BCUT2D eigenvalue weighted by Gasteiger charge is -2.40. The third-order valence-corrected chi connectivity index (χ3v) is 6.08. The van der Waals surface area contributed by atoms with Crippen molar-refractivity contribution < 1.29 is 4.79 Å². The van der Waals surface area contributed by atoms with Crippen molar-refractivity contribution in [2.45, 2.75) is 18.0 Å². The Kier molecular flexibility index (Phi) is 4.57. The van der Waals surface area contributed by atoms with Crippen molar-refractivity contribution in [3.8, 4) is 0 Å². The molecule has 0 radical (unpaired) electrons. The normalized spacial score (nSPS) is 19.2. The summed E-state index contributed by atoms with van der Waals surface area (Å²) in [6.07, 6.45) is 3.89. The molecule has 0 aliphatic carbocycles. The van der Waals surface area contributed by atoms with Crippen LogP contribution in [0, 0.1) is 0 Å². The summed E-state index contributed by atoms with van der Waals surface area (Å²) in [4.78, 5) is 14.0. The second-order valence-corrected chi connectivity index (χ2v) is 8.10. The van der Waals surface area contributed by atoms with Crippen LogP contribution in [-0.2, 0) is 11.3 Å². The molecule has 0 saturated carbocycles. The number of carbonyl (C=O) groups is 1. The van der Waals surface area contributed by atoms with Crippen LogP contribution in [0.5, 0.6) is 0 Å². The van der Waals surface area contributed by atoms with Crippen LogP contribution in [0.4, 0.5) is 5.13 Å². The number of anilines is 1. The first kappa shape index (κ1) is 18.0. The number of amides is 1. The molecule has 1 aliphatic rings. The zero-order valence-electron chi connectivity index (χ0n) is 15.1. The number of halogens is 1. The second kappa shape index (κ2) is 7.38. The standard InChI is InChI=1S/C20H15ClN6OS/c21-18-16(11-10-13-6-2-1-3-7-13)27(19(18)28)20-24-23-17(29-20)12-26-15-9-5-4-8-14(15)22-25-26/h1-11,16,18H,12H2/b11-10+. The Labute approximate surface area is 175 Å². The number of β-lactam (4-membered cyclic amide) rings is 1. The van der Waals surface area contributed by atoms with Crippen molar-refractivity contribution in [2.75, 3.05) is 4.90 Å². The van der Waals surface area contributed by atoms with Crippen LogP contribution in [0.2, 0.25) is 0 Å². The van der Waals surface area contributed by atoms with Gasteiger partial charge in [0, 0.05) is 0 Å². The van der Waals surface area contributed by atoms with Crippen molar-refractivity contribution >= 4 is 51.1 Å². The van der Waals surface area contributed by atoms with E-state index in [9.17, 15) is 4.79 Å². The van der Waals surface area contributed by atoms with Crippen LogP contribution in [0.1, 0.15) is 10.6 Å². The SMILES string of the molecule is O=C1C(Cl)C(/C=C/c2ccccc2)N1c1nnc(Cn2nnc3ccccc32)s1. The Morgan fingerprint density at radius 2 is 1.83 bits per heavy atom. The average molecular weight is 423 g/mol. The molecule has 5 rings (SSSR count). The highest BCUT2D eigenvalue weighted by Gasteiger charge is 2.47. The summed E-state index contributed by atoms with van der Waals surface area (Å²) in [6, 6.07) is 17.4. The second-order valence-electron chi connectivity index (χ2n) is 6.58. The van der Waals surface area contributed by atoms with Gasteiger partial charge in [-0.15, -0.1) is 26.9 Å². The monoisotopic (exact) mass is 422 g/mol. The van der Waals surface area contributed by atoms with Gasteiger partial charge in [0.25, 0.3) is 0 Å². The largest absolute Gasteiger partial charge is 0.276 e. The molecule has 0 N–H and O–H groups in total. The van der Waals surface area contributed by atoms with E-state index in [1.165, 1.54) is 11.3 Å². The summed E-state index contributed by atoms with van der Waals surface area (Å²) >= 11 is 7.61. The number of aromatic nitrogens is 5. The molecular weight excluding hydrogens is 408 g/mol. The number of alkyl halides is 1. The van der Waals surface area contributed by atoms with Gasteiger partial charge in [0.2, 0.25) is 11.0 Å². The van der Waals surface area contributed by atoms with E-state index >= 15 is 0 Å². The molecule has 2 unspecified atom stereocenters. The highest BCUT2D eigenvalue weighted by atomic mass is 35.5. The lowest BCUT2D eigenvalue weighted by atomic mass is 10.0. The number of rotatable bonds is 5. The van der Waals surface area contributed by atoms with E-state index in [0.717, 1.165) is 21.6 Å². The molecule has 1 aliphatic heterocycles. The molecule has 2 aromatic heterocycles. The Morgan fingerprint density at radius 1 is 1.03 bits per heavy atom. The average Bonchev–Trinajstić information content (AvgIpc) is 3.38. The van der Waals surface area contributed by atoms with Crippen molar-refractivity contribution in [1.29, 1.82) is 0 Å². The maximum atomic E-state index is 12.4. The van der Waals surface area contributed by atoms with Gasteiger partial charge in [-0.05, 0) is 17.7 Å². The third-order valence-electron chi connectivity index (χ3n) is 4.72. The zero-order chi connectivity index (χ0) is 19.8. The Bertz CT molecular complexity index is 1200. The molecule has 1 amide bonds. The number of benzene rings is 2. The van der Waals surface area contributed by atoms with Gasteiger partial charge in [-0.2, -0.15) is 0 Å². The fraction of sp³-hybridized carbons (Fsp3) is 0.150. The van der Waals surface area contributed by atoms with Gasteiger partial charge in [-0.1, -0.05) is 71.2 Å². The van der Waals surface area contributed by atoms with Gasteiger partial charge < -0.3 is 0 Å². The van der Waals surface area contributed by atoms with E-state index in [0.29, 0.717) is 11.7 Å². The first-order chi connectivity index (χ1) is 14.2. The van der Waals surface area contributed by atoms with E-state index in [1.54, 1.807) is 9.58 Å². The molecule has 144 valence electrons. The topological polar surface area (TPSA) is 76.8 Å². The molecule has 4 aromatic rings. The van der Waals surface area contributed by atoms with Crippen LogP contribution >= 0.6 is 22.9 Å². The van der Waals surface area contributed by atoms with Crippen molar-refractivity contribution in [3.63, 3.8) is 0 Å². The molecule has 0 spiro atoms. The quantitative estimate of drug-likeness (QED) is 0.364. The lowest BCUT2D eigenvalue weighted by molar-refractivity contribution is -0.122. The van der Waals surface area contributed by atoms with Crippen LogP contribution in [0.15, 0.2) is 60.7 Å². The summed E-state index contributed by atoms with van der Waals surface area (Å²) in [5, 5.41) is 17.4. The van der Waals surface area contributed by atoms with Gasteiger partial charge >= 0.3 is 0 Å². The van der Waals surface area contributed by atoms with E-state index in [2.05, 4.69) is 20.5 Å². The van der Waals surface area contributed by atoms with E-state index in [4.69, 9.17) is 11.6 Å². The Balaban J connectivity index is 1.36. The Morgan fingerprint density at radius 3 is 2.69 bits per heavy atom. The van der Waals surface area contributed by atoms with Crippen LogP contribution in [-0.4, -0.2) is 42.5 Å². The fourth-order valence-electron chi connectivity index (χ4n) is 3.22. The lowest BCUT2D eigenvalue weighted by Crippen LogP contribution is -2.61. The van der Waals surface area contributed by atoms with E-state index in [-0.39, 0.29) is 11.9 Å². The third kappa shape index (κ3) is 3.30. The minimum Gasteiger partial charge on any atom is -0.276 e. The van der Waals surface area contributed by atoms with E-state index < -0.39 is 5.38 Å². The van der Waals surface area contributed by atoms with Gasteiger partial charge in [0.15, 0.2) is 0 Å². The first-order valence-corrected chi connectivity index (χ1v) is 10.3. The molecule has 1 fully saturated rings. The fourth-order valence-corrected chi connectivity index (χ4v) is 4.39. The number of hydrogen-bond donors (Lipinski definition) is 0. The predicted molar refractivity (Wildman–Crippen MR) is 113 cm³/mol. The minimum atomic E-state index is -0.596. The molecule has 3 heterocycles. The van der Waals surface area contributed by atoms with Gasteiger partial charge in [-0.3, -0.25) is 9.69 Å². The molecule has 7 nitrogen and oxygen atoms in total. The van der Waals surface area contributed by atoms with Gasteiger partial charge in [0.05, 0.1) is 18.1 Å².